The maximum atomic E-state index is 12.5. The lowest BCUT2D eigenvalue weighted by molar-refractivity contribution is 0.0754. The van der Waals surface area contributed by atoms with Crippen LogP contribution in [0.4, 0.5) is 0 Å². The van der Waals surface area contributed by atoms with Crippen LogP contribution in [-0.4, -0.2) is 64.9 Å². The number of carbonyl (C=O) groups excluding carboxylic acids is 1. The molecule has 0 aliphatic carbocycles. The van der Waals surface area contributed by atoms with Crippen molar-refractivity contribution in [1.82, 2.24) is 24.4 Å². The van der Waals surface area contributed by atoms with Gasteiger partial charge in [-0.15, -0.1) is 10.2 Å². The van der Waals surface area contributed by atoms with Gasteiger partial charge in [0.05, 0.1) is 0 Å². The third-order valence-electron chi connectivity index (χ3n) is 4.59. The molecule has 25 heavy (non-hydrogen) atoms. The molecule has 0 saturated carbocycles. The molecule has 1 amide bonds. The van der Waals surface area contributed by atoms with E-state index in [4.69, 9.17) is 4.42 Å². The van der Waals surface area contributed by atoms with E-state index in [0.29, 0.717) is 31.9 Å². The van der Waals surface area contributed by atoms with E-state index in [1.807, 2.05) is 0 Å². The SMILES string of the molecule is O=C(c1nnc(-c2cc(S(=O)(=O)N3CCCC3)c[nH]2)o1)N1CCCC1. The topological polar surface area (TPSA) is 112 Å². The Hall–Kier alpha value is -2.20. The van der Waals surface area contributed by atoms with E-state index in [0.717, 1.165) is 25.7 Å². The number of amides is 1. The molecule has 2 fully saturated rings. The summed E-state index contributed by atoms with van der Waals surface area (Å²) in [5.41, 5.74) is 0.380. The van der Waals surface area contributed by atoms with Crippen LogP contribution in [0.15, 0.2) is 21.6 Å². The average Bonchev–Trinajstić information content (AvgIpc) is 3.43. The predicted octanol–water partition coefficient (Wildman–Crippen LogP) is 1.09. The van der Waals surface area contributed by atoms with Crippen LogP contribution >= 0.6 is 0 Å². The second-order valence-electron chi connectivity index (χ2n) is 6.27. The number of hydrogen-bond donors (Lipinski definition) is 1. The van der Waals surface area contributed by atoms with E-state index >= 15 is 0 Å². The second kappa shape index (κ2) is 6.26. The van der Waals surface area contributed by atoms with Gasteiger partial charge in [-0.2, -0.15) is 4.31 Å². The molecule has 4 rings (SSSR count). The van der Waals surface area contributed by atoms with Gasteiger partial charge in [0.15, 0.2) is 0 Å². The summed E-state index contributed by atoms with van der Waals surface area (Å²) in [6.45, 7) is 2.46. The van der Waals surface area contributed by atoms with Crippen LogP contribution in [0.5, 0.6) is 0 Å². The number of aromatic nitrogens is 3. The molecular weight excluding hydrogens is 346 g/mol. The van der Waals surface area contributed by atoms with Crippen LogP contribution in [-0.2, 0) is 10.0 Å². The molecule has 4 heterocycles. The highest BCUT2D eigenvalue weighted by molar-refractivity contribution is 7.89. The number of carbonyl (C=O) groups is 1. The van der Waals surface area contributed by atoms with Gasteiger partial charge in [-0.25, -0.2) is 8.42 Å². The van der Waals surface area contributed by atoms with Crippen LogP contribution in [0, 0.1) is 0 Å². The number of hydrogen-bond acceptors (Lipinski definition) is 6. The molecule has 0 atom stereocenters. The van der Waals surface area contributed by atoms with Crippen molar-refractivity contribution in [2.45, 2.75) is 30.6 Å². The van der Waals surface area contributed by atoms with Crippen molar-refractivity contribution in [3.63, 3.8) is 0 Å². The van der Waals surface area contributed by atoms with Crippen molar-refractivity contribution in [3.8, 4) is 11.6 Å². The third-order valence-corrected chi connectivity index (χ3v) is 6.47. The number of H-pyrrole nitrogens is 1. The Morgan fingerprint density at radius 2 is 1.76 bits per heavy atom. The minimum Gasteiger partial charge on any atom is -0.411 e. The molecular formula is C15H19N5O4S. The van der Waals surface area contributed by atoms with Crippen molar-refractivity contribution in [2.75, 3.05) is 26.2 Å². The van der Waals surface area contributed by atoms with Crippen molar-refractivity contribution < 1.29 is 17.6 Å². The molecule has 2 aromatic rings. The van der Waals surface area contributed by atoms with Gasteiger partial charge >= 0.3 is 11.8 Å². The maximum absolute atomic E-state index is 12.5. The lowest BCUT2D eigenvalue weighted by Crippen LogP contribution is -2.27. The maximum Gasteiger partial charge on any atom is 0.311 e. The number of rotatable bonds is 4. The fourth-order valence-corrected chi connectivity index (χ4v) is 4.71. The Labute approximate surface area is 145 Å². The summed E-state index contributed by atoms with van der Waals surface area (Å²) in [4.78, 5) is 16.9. The van der Waals surface area contributed by atoms with Crippen molar-refractivity contribution >= 4 is 15.9 Å². The van der Waals surface area contributed by atoms with E-state index < -0.39 is 10.0 Å². The smallest absolute Gasteiger partial charge is 0.311 e. The number of nitrogens with one attached hydrogen (secondary N) is 1. The number of likely N-dealkylation sites (tertiary alicyclic amines) is 1. The average molecular weight is 365 g/mol. The Morgan fingerprint density at radius 1 is 1.08 bits per heavy atom. The first-order valence-electron chi connectivity index (χ1n) is 8.37. The highest BCUT2D eigenvalue weighted by Gasteiger charge is 2.29. The highest BCUT2D eigenvalue weighted by atomic mass is 32.2. The zero-order chi connectivity index (χ0) is 17.4. The van der Waals surface area contributed by atoms with Gasteiger partial charge in [0.1, 0.15) is 10.6 Å². The molecule has 1 N–H and O–H groups in total. The van der Waals surface area contributed by atoms with Crippen LogP contribution < -0.4 is 0 Å². The first-order chi connectivity index (χ1) is 12.1. The van der Waals surface area contributed by atoms with E-state index in [1.54, 1.807) is 4.90 Å². The summed E-state index contributed by atoms with van der Waals surface area (Å²) < 4.78 is 32.0. The normalized spacial score (nSPS) is 19.0. The summed E-state index contributed by atoms with van der Waals surface area (Å²) in [5, 5.41) is 7.67. The number of aromatic amines is 1. The molecule has 9 nitrogen and oxygen atoms in total. The molecule has 2 aromatic heterocycles. The van der Waals surface area contributed by atoms with Crippen molar-refractivity contribution in [1.29, 1.82) is 0 Å². The van der Waals surface area contributed by atoms with Gasteiger partial charge in [0.25, 0.3) is 5.89 Å². The summed E-state index contributed by atoms with van der Waals surface area (Å²) in [7, 11) is -3.51. The molecule has 0 radical (unpaired) electrons. The lowest BCUT2D eigenvalue weighted by atomic mass is 10.4. The van der Waals surface area contributed by atoms with Crippen LogP contribution in [0.3, 0.4) is 0 Å². The number of nitrogens with zero attached hydrogens (tertiary/aromatic N) is 4. The molecule has 0 unspecified atom stereocenters. The monoisotopic (exact) mass is 365 g/mol. The molecule has 0 aromatic carbocycles. The first-order valence-corrected chi connectivity index (χ1v) is 9.81. The lowest BCUT2D eigenvalue weighted by Gasteiger charge is -2.13. The Balaban J connectivity index is 1.55. The molecule has 0 spiro atoms. The van der Waals surface area contributed by atoms with Gasteiger partial charge in [0.2, 0.25) is 10.0 Å². The van der Waals surface area contributed by atoms with Gasteiger partial charge < -0.3 is 14.3 Å². The second-order valence-corrected chi connectivity index (χ2v) is 8.21. The standard InChI is InChI=1S/C15H19N5O4S/c21-15(19-5-1-2-6-19)14-18-17-13(24-14)12-9-11(10-16-12)25(22,23)20-7-3-4-8-20/h9-10,16H,1-8H2. The molecule has 0 bridgehead atoms. The van der Waals surface area contributed by atoms with E-state index in [-0.39, 0.29) is 22.6 Å². The highest BCUT2D eigenvalue weighted by Crippen LogP contribution is 2.25. The first kappa shape index (κ1) is 16.3. The Kier molecular flexibility index (Phi) is 4.08. The Bertz CT molecular complexity index is 875. The van der Waals surface area contributed by atoms with E-state index in [9.17, 15) is 13.2 Å². The summed E-state index contributed by atoms with van der Waals surface area (Å²) >= 11 is 0. The zero-order valence-corrected chi connectivity index (χ0v) is 14.5. The summed E-state index contributed by atoms with van der Waals surface area (Å²) in [5.74, 6) is -0.256. The van der Waals surface area contributed by atoms with Gasteiger partial charge in [0, 0.05) is 32.4 Å². The van der Waals surface area contributed by atoms with Gasteiger partial charge in [-0.05, 0) is 31.7 Å². The molecule has 2 saturated heterocycles. The quantitative estimate of drug-likeness (QED) is 0.868. The fraction of sp³-hybridized carbons (Fsp3) is 0.533. The summed E-state index contributed by atoms with van der Waals surface area (Å²) in [6.07, 6.45) is 5.11. The van der Waals surface area contributed by atoms with Crippen molar-refractivity contribution in [2.24, 2.45) is 0 Å². The van der Waals surface area contributed by atoms with Crippen LogP contribution in [0.2, 0.25) is 0 Å². The van der Waals surface area contributed by atoms with Gasteiger partial charge in [-0.1, -0.05) is 0 Å². The molecule has 134 valence electrons. The molecule has 10 heteroatoms. The van der Waals surface area contributed by atoms with E-state index in [1.165, 1.54) is 16.6 Å². The Morgan fingerprint density at radius 3 is 2.48 bits per heavy atom. The predicted molar refractivity (Wildman–Crippen MR) is 87.2 cm³/mol. The minimum atomic E-state index is -3.51. The zero-order valence-electron chi connectivity index (χ0n) is 13.6. The summed E-state index contributed by atoms with van der Waals surface area (Å²) in [6, 6.07) is 1.46. The van der Waals surface area contributed by atoms with Crippen LogP contribution in [0.25, 0.3) is 11.6 Å². The van der Waals surface area contributed by atoms with Gasteiger partial charge in [-0.3, -0.25) is 4.79 Å². The molecule has 2 aliphatic rings. The minimum absolute atomic E-state index is 0.0737. The van der Waals surface area contributed by atoms with Crippen LogP contribution in [0.1, 0.15) is 36.4 Å². The van der Waals surface area contributed by atoms with E-state index in [2.05, 4.69) is 15.2 Å². The fourth-order valence-electron chi connectivity index (χ4n) is 3.20. The third kappa shape index (κ3) is 2.95. The van der Waals surface area contributed by atoms with Crippen molar-refractivity contribution in [3.05, 3.63) is 18.2 Å². The largest absolute Gasteiger partial charge is 0.411 e. The number of sulfonamides is 1. The molecule has 2 aliphatic heterocycles.